The van der Waals surface area contributed by atoms with Crippen molar-refractivity contribution in [3.05, 3.63) is 65.7 Å². The van der Waals surface area contributed by atoms with Gasteiger partial charge < -0.3 is 19.2 Å². The Balaban J connectivity index is 1.86. The Hall–Kier alpha value is -3.80. The molecule has 2 heterocycles. The molecule has 0 amide bonds. The Morgan fingerprint density at radius 1 is 0.926 bits per heavy atom. The maximum absolute atomic E-state index is 12.3. The summed E-state index contributed by atoms with van der Waals surface area (Å²) in [7, 11) is 1.57. The first-order chi connectivity index (χ1) is 13.2. The number of hydrogen-bond acceptors (Lipinski definition) is 5. The first-order valence-electron chi connectivity index (χ1n) is 8.31. The number of benzene rings is 3. The van der Waals surface area contributed by atoms with Crippen molar-refractivity contribution in [2.45, 2.75) is 0 Å². The van der Waals surface area contributed by atoms with Crippen molar-refractivity contribution in [3.8, 4) is 17.2 Å². The second-order valence-corrected chi connectivity index (χ2v) is 6.18. The van der Waals surface area contributed by atoms with E-state index in [0.29, 0.717) is 28.2 Å². The van der Waals surface area contributed by atoms with Gasteiger partial charge in [-0.1, -0.05) is 18.2 Å². The van der Waals surface area contributed by atoms with Gasteiger partial charge >= 0.3 is 11.9 Å². The molecular formula is C21H13NO5. The number of fused-ring (bicyclic) bond motifs is 5. The van der Waals surface area contributed by atoms with Crippen LogP contribution in [0.1, 0.15) is 20.7 Å². The number of cyclic esters (lactones) is 2. The third-order valence-corrected chi connectivity index (χ3v) is 4.63. The van der Waals surface area contributed by atoms with E-state index in [1.807, 2.05) is 48.5 Å². The molecule has 0 atom stereocenters. The first-order valence-corrected chi connectivity index (χ1v) is 8.31. The Morgan fingerprint density at radius 3 is 2.52 bits per heavy atom. The van der Waals surface area contributed by atoms with Crippen LogP contribution < -0.4 is 9.47 Å². The van der Waals surface area contributed by atoms with Crippen LogP contribution >= 0.6 is 0 Å². The molecule has 0 radical (unpaired) electrons. The highest BCUT2D eigenvalue weighted by molar-refractivity contribution is 6.27. The average Bonchev–Trinajstić information content (AvgIpc) is 3.19. The third kappa shape index (κ3) is 2.27. The largest absolute Gasteiger partial charge is 0.497 e. The molecule has 1 aliphatic heterocycles. The Bertz CT molecular complexity index is 1240. The molecular weight excluding hydrogens is 346 g/mol. The second-order valence-electron chi connectivity index (χ2n) is 6.18. The summed E-state index contributed by atoms with van der Waals surface area (Å²) in [5, 5.41) is 1.34. The minimum absolute atomic E-state index is 0.196. The van der Waals surface area contributed by atoms with Gasteiger partial charge in [-0.05, 0) is 36.4 Å². The molecule has 0 saturated carbocycles. The van der Waals surface area contributed by atoms with Crippen molar-refractivity contribution in [1.82, 2.24) is 4.98 Å². The lowest BCUT2D eigenvalue weighted by Gasteiger charge is -2.08. The van der Waals surface area contributed by atoms with Crippen molar-refractivity contribution in [3.63, 3.8) is 0 Å². The Kier molecular flexibility index (Phi) is 3.21. The van der Waals surface area contributed by atoms with Crippen molar-refractivity contribution >= 4 is 33.7 Å². The number of rotatable bonds is 3. The van der Waals surface area contributed by atoms with Gasteiger partial charge in [-0.25, -0.2) is 9.59 Å². The summed E-state index contributed by atoms with van der Waals surface area (Å²) >= 11 is 0. The molecule has 27 heavy (non-hydrogen) atoms. The average molecular weight is 359 g/mol. The number of carbonyl (C=O) groups excluding carboxylic acids is 2. The van der Waals surface area contributed by atoms with Gasteiger partial charge in [-0.3, -0.25) is 0 Å². The summed E-state index contributed by atoms with van der Waals surface area (Å²) in [6.07, 6.45) is 0. The fourth-order valence-corrected chi connectivity index (χ4v) is 3.41. The van der Waals surface area contributed by atoms with Crippen molar-refractivity contribution in [2.75, 3.05) is 7.11 Å². The summed E-state index contributed by atoms with van der Waals surface area (Å²) < 4.78 is 16.2. The predicted molar refractivity (Wildman–Crippen MR) is 98.6 cm³/mol. The van der Waals surface area contributed by atoms with Gasteiger partial charge in [-0.2, -0.15) is 0 Å². The van der Waals surface area contributed by atoms with Crippen LogP contribution in [0.5, 0.6) is 17.2 Å². The van der Waals surface area contributed by atoms with E-state index in [0.717, 1.165) is 10.9 Å². The van der Waals surface area contributed by atoms with E-state index in [1.165, 1.54) is 0 Å². The highest BCUT2D eigenvalue weighted by Crippen LogP contribution is 2.41. The first kappa shape index (κ1) is 15.5. The lowest BCUT2D eigenvalue weighted by Crippen LogP contribution is -1.97. The molecule has 6 nitrogen and oxygen atoms in total. The number of aromatic amines is 1. The molecule has 0 unspecified atom stereocenters. The van der Waals surface area contributed by atoms with E-state index in [1.54, 1.807) is 13.2 Å². The van der Waals surface area contributed by atoms with E-state index < -0.39 is 11.9 Å². The molecule has 1 aliphatic rings. The van der Waals surface area contributed by atoms with Gasteiger partial charge in [0.15, 0.2) is 5.75 Å². The fourth-order valence-electron chi connectivity index (χ4n) is 3.41. The number of nitrogens with one attached hydrogen (secondary N) is 1. The molecule has 0 fully saturated rings. The summed E-state index contributed by atoms with van der Waals surface area (Å²) in [5.74, 6) is 0.371. The van der Waals surface area contributed by atoms with Crippen molar-refractivity contribution < 1.29 is 23.8 Å². The van der Waals surface area contributed by atoms with Crippen LogP contribution in [0, 0.1) is 0 Å². The molecule has 4 aromatic rings. The van der Waals surface area contributed by atoms with E-state index >= 15 is 0 Å². The maximum atomic E-state index is 12.3. The summed E-state index contributed by atoms with van der Waals surface area (Å²) in [6, 6.07) is 16.3. The number of ether oxygens (including phenoxy) is 3. The molecule has 132 valence electrons. The molecule has 3 aromatic carbocycles. The molecule has 5 rings (SSSR count). The number of para-hydroxylation sites is 1. The lowest BCUT2D eigenvalue weighted by atomic mass is 10.0. The number of carbonyl (C=O) groups is 2. The van der Waals surface area contributed by atoms with Crippen LogP contribution in [0.3, 0.4) is 0 Å². The van der Waals surface area contributed by atoms with Gasteiger partial charge in [0.1, 0.15) is 11.5 Å². The number of hydrogen-bond donors (Lipinski definition) is 1. The Labute approximate surface area is 153 Å². The quantitative estimate of drug-likeness (QED) is 0.432. The van der Waals surface area contributed by atoms with Gasteiger partial charge in [0.25, 0.3) is 0 Å². The normalized spacial score (nSPS) is 13.1. The summed E-state index contributed by atoms with van der Waals surface area (Å²) in [5.41, 5.74) is 1.86. The summed E-state index contributed by atoms with van der Waals surface area (Å²) in [6.45, 7) is 0. The fraction of sp³-hybridized carbons (Fsp3) is 0.0476. The molecule has 0 saturated heterocycles. The number of aromatic nitrogens is 1. The van der Waals surface area contributed by atoms with Gasteiger partial charge in [0.05, 0.1) is 23.8 Å². The number of H-pyrrole nitrogens is 1. The van der Waals surface area contributed by atoms with Gasteiger partial charge in [0, 0.05) is 16.3 Å². The van der Waals surface area contributed by atoms with Crippen LogP contribution in [0.4, 0.5) is 0 Å². The lowest BCUT2D eigenvalue weighted by molar-refractivity contribution is 0.0444. The molecule has 1 aromatic heterocycles. The van der Waals surface area contributed by atoms with E-state index in [-0.39, 0.29) is 11.1 Å². The Morgan fingerprint density at radius 2 is 1.74 bits per heavy atom. The number of esters is 2. The second kappa shape index (κ2) is 5.60. The van der Waals surface area contributed by atoms with Crippen molar-refractivity contribution in [2.24, 2.45) is 0 Å². The zero-order valence-electron chi connectivity index (χ0n) is 14.2. The molecule has 0 spiro atoms. The van der Waals surface area contributed by atoms with Crippen LogP contribution in [0.2, 0.25) is 0 Å². The molecule has 0 aliphatic carbocycles. The van der Waals surface area contributed by atoms with Gasteiger partial charge in [-0.15, -0.1) is 0 Å². The van der Waals surface area contributed by atoms with Crippen LogP contribution in [0.25, 0.3) is 21.8 Å². The van der Waals surface area contributed by atoms with Crippen LogP contribution in [0.15, 0.2) is 54.6 Å². The highest BCUT2D eigenvalue weighted by atomic mass is 16.6. The monoisotopic (exact) mass is 359 g/mol. The highest BCUT2D eigenvalue weighted by Gasteiger charge is 2.35. The minimum atomic E-state index is -0.674. The zero-order valence-corrected chi connectivity index (χ0v) is 14.2. The smallest absolute Gasteiger partial charge is 0.347 e. The molecule has 6 heteroatoms. The SMILES string of the molecule is COc1ccc2[nH]c3c(Oc4ccccc4)cc4c(c3c2c1)C(=O)OC4=O. The number of methoxy groups -OCH3 is 1. The minimum Gasteiger partial charge on any atom is -0.497 e. The predicted octanol–water partition coefficient (Wildman–Crippen LogP) is 4.43. The van der Waals surface area contributed by atoms with Gasteiger partial charge in [0.2, 0.25) is 0 Å². The van der Waals surface area contributed by atoms with Crippen LogP contribution in [-0.4, -0.2) is 24.0 Å². The topological polar surface area (TPSA) is 77.6 Å². The zero-order chi connectivity index (χ0) is 18.5. The van der Waals surface area contributed by atoms with E-state index in [9.17, 15) is 9.59 Å². The summed E-state index contributed by atoms with van der Waals surface area (Å²) in [4.78, 5) is 27.8. The molecule has 0 bridgehead atoms. The van der Waals surface area contributed by atoms with E-state index in [4.69, 9.17) is 14.2 Å². The standard InChI is InChI=1S/C21H13NO5/c1-25-12-7-8-15-13(9-12)17-18-14(20(23)27-21(18)24)10-16(19(17)22-15)26-11-5-3-2-4-6-11/h2-10,22H,1H3. The molecule has 1 N–H and O–H groups in total. The maximum Gasteiger partial charge on any atom is 0.347 e. The van der Waals surface area contributed by atoms with Crippen LogP contribution in [-0.2, 0) is 4.74 Å². The third-order valence-electron chi connectivity index (χ3n) is 4.63. The van der Waals surface area contributed by atoms with Crippen molar-refractivity contribution in [1.29, 1.82) is 0 Å². The van der Waals surface area contributed by atoms with E-state index in [2.05, 4.69) is 4.98 Å².